The van der Waals surface area contributed by atoms with Crippen LogP contribution < -0.4 is 10.6 Å². The van der Waals surface area contributed by atoms with E-state index >= 15 is 0 Å². The lowest BCUT2D eigenvalue weighted by Crippen LogP contribution is -2.37. The molecule has 2 nitrogen and oxygen atoms in total. The SMILES string of the molecule is S=C(NCCSc1ccccc1)NCCSc1ccccc1. The molecule has 0 heterocycles. The van der Waals surface area contributed by atoms with Crippen LogP contribution in [0.25, 0.3) is 0 Å². The van der Waals surface area contributed by atoms with Gasteiger partial charge in [0.15, 0.2) is 5.11 Å². The van der Waals surface area contributed by atoms with Crippen LogP contribution in [-0.2, 0) is 0 Å². The van der Waals surface area contributed by atoms with Gasteiger partial charge in [-0.05, 0) is 36.5 Å². The van der Waals surface area contributed by atoms with Gasteiger partial charge in [-0.2, -0.15) is 0 Å². The monoisotopic (exact) mass is 348 g/mol. The molecule has 0 bridgehead atoms. The van der Waals surface area contributed by atoms with Crippen molar-refractivity contribution in [2.45, 2.75) is 9.79 Å². The minimum absolute atomic E-state index is 0.738. The third kappa shape index (κ3) is 7.20. The summed E-state index contributed by atoms with van der Waals surface area (Å²) in [6.07, 6.45) is 0. The van der Waals surface area contributed by atoms with E-state index in [1.165, 1.54) is 9.79 Å². The predicted octanol–water partition coefficient (Wildman–Crippen LogP) is 4.04. The molecule has 0 saturated carbocycles. The minimum Gasteiger partial charge on any atom is -0.362 e. The smallest absolute Gasteiger partial charge is 0.166 e. The average Bonchev–Trinajstić information content (AvgIpc) is 2.57. The van der Waals surface area contributed by atoms with E-state index < -0.39 is 0 Å². The summed E-state index contributed by atoms with van der Waals surface area (Å²) in [6.45, 7) is 1.74. The van der Waals surface area contributed by atoms with E-state index in [0.717, 1.165) is 29.7 Å². The minimum atomic E-state index is 0.738. The van der Waals surface area contributed by atoms with Gasteiger partial charge in [-0.3, -0.25) is 0 Å². The van der Waals surface area contributed by atoms with Crippen LogP contribution in [0.5, 0.6) is 0 Å². The van der Waals surface area contributed by atoms with Gasteiger partial charge >= 0.3 is 0 Å². The van der Waals surface area contributed by atoms with E-state index in [0.29, 0.717) is 0 Å². The predicted molar refractivity (Wildman–Crippen MR) is 103 cm³/mol. The standard InChI is InChI=1S/C17H20N2S3/c20-17(18-11-13-21-15-7-3-1-4-8-15)19-12-14-22-16-9-5-2-6-10-16/h1-10H,11-14H2,(H2,18,19,20). The van der Waals surface area contributed by atoms with Crippen LogP contribution in [0.2, 0.25) is 0 Å². The molecule has 0 fully saturated rings. The van der Waals surface area contributed by atoms with Crippen molar-refractivity contribution in [2.75, 3.05) is 24.6 Å². The highest BCUT2D eigenvalue weighted by molar-refractivity contribution is 7.99. The molecule has 2 aromatic carbocycles. The second-order valence-electron chi connectivity index (χ2n) is 4.51. The summed E-state index contributed by atoms with van der Waals surface area (Å²) >= 11 is 8.94. The first-order valence-electron chi connectivity index (χ1n) is 7.22. The summed E-state index contributed by atoms with van der Waals surface area (Å²) in [7, 11) is 0. The molecule has 2 N–H and O–H groups in total. The van der Waals surface area contributed by atoms with Gasteiger partial charge in [-0.15, -0.1) is 23.5 Å². The molecule has 0 saturated heterocycles. The second kappa shape index (κ2) is 10.5. The molecule has 5 heteroatoms. The molecule has 0 amide bonds. The van der Waals surface area contributed by atoms with Gasteiger partial charge in [0.2, 0.25) is 0 Å². The zero-order valence-corrected chi connectivity index (χ0v) is 14.8. The van der Waals surface area contributed by atoms with Crippen LogP contribution in [0.4, 0.5) is 0 Å². The molecule has 116 valence electrons. The van der Waals surface area contributed by atoms with E-state index in [2.05, 4.69) is 59.2 Å². The van der Waals surface area contributed by atoms with Crippen LogP contribution in [0.15, 0.2) is 70.5 Å². The van der Waals surface area contributed by atoms with Crippen molar-refractivity contribution in [1.82, 2.24) is 10.6 Å². The maximum Gasteiger partial charge on any atom is 0.166 e. The maximum atomic E-state index is 5.27. The number of benzene rings is 2. The first-order valence-corrected chi connectivity index (χ1v) is 9.60. The van der Waals surface area contributed by atoms with Crippen LogP contribution in [0.1, 0.15) is 0 Å². The molecule has 0 aliphatic heterocycles. The molecular formula is C17H20N2S3. The lowest BCUT2D eigenvalue weighted by Gasteiger charge is -2.10. The second-order valence-corrected chi connectivity index (χ2v) is 7.25. The number of hydrogen-bond donors (Lipinski definition) is 2. The zero-order chi connectivity index (χ0) is 15.5. The normalized spacial score (nSPS) is 10.2. The quantitative estimate of drug-likeness (QED) is 0.426. The van der Waals surface area contributed by atoms with Gasteiger partial charge < -0.3 is 10.6 Å². The molecule has 0 spiro atoms. The molecule has 0 aromatic heterocycles. The third-order valence-electron chi connectivity index (χ3n) is 2.80. The van der Waals surface area contributed by atoms with Crippen molar-refractivity contribution in [1.29, 1.82) is 0 Å². The van der Waals surface area contributed by atoms with Gasteiger partial charge in [-0.1, -0.05) is 36.4 Å². The maximum absolute atomic E-state index is 5.27. The van der Waals surface area contributed by atoms with Gasteiger partial charge in [-0.25, -0.2) is 0 Å². The van der Waals surface area contributed by atoms with E-state index in [1.807, 2.05) is 35.7 Å². The molecule has 0 atom stereocenters. The Hall–Kier alpha value is -1.17. The van der Waals surface area contributed by atoms with Crippen molar-refractivity contribution in [2.24, 2.45) is 0 Å². The van der Waals surface area contributed by atoms with Crippen molar-refractivity contribution in [3.63, 3.8) is 0 Å². The Morgan fingerprint density at radius 3 is 1.55 bits per heavy atom. The third-order valence-corrected chi connectivity index (χ3v) is 5.12. The van der Waals surface area contributed by atoms with Crippen LogP contribution in [0.3, 0.4) is 0 Å². The number of nitrogens with one attached hydrogen (secondary N) is 2. The summed E-state index contributed by atoms with van der Waals surface area (Å²) in [6, 6.07) is 20.8. The lowest BCUT2D eigenvalue weighted by molar-refractivity contribution is 0.892. The van der Waals surface area contributed by atoms with Crippen molar-refractivity contribution in [3.05, 3.63) is 60.7 Å². The fourth-order valence-corrected chi connectivity index (χ4v) is 3.55. The van der Waals surface area contributed by atoms with Crippen LogP contribution in [-0.4, -0.2) is 29.7 Å². The van der Waals surface area contributed by atoms with Gasteiger partial charge in [0.05, 0.1) is 0 Å². The molecule has 0 radical (unpaired) electrons. The fourth-order valence-electron chi connectivity index (χ4n) is 1.76. The van der Waals surface area contributed by atoms with Gasteiger partial charge in [0, 0.05) is 34.4 Å². The van der Waals surface area contributed by atoms with Crippen molar-refractivity contribution < 1.29 is 0 Å². The lowest BCUT2D eigenvalue weighted by atomic mass is 10.4. The van der Waals surface area contributed by atoms with E-state index in [4.69, 9.17) is 12.2 Å². The number of hydrogen-bond acceptors (Lipinski definition) is 3. The summed E-state index contributed by atoms with van der Waals surface area (Å²) in [5, 5.41) is 7.22. The molecule has 2 rings (SSSR count). The highest BCUT2D eigenvalue weighted by atomic mass is 32.2. The summed E-state index contributed by atoms with van der Waals surface area (Å²) in [5.74, 6) is 2.01. The van der Waals surface area contributed by atoms with E-state index in [-0.39, 0.29) is 0 Å². The zero-order valence-electron chi connectivity index (χ0n) is 12.3. The summed E-state index contributed by atoms with van der Waals surface area (Å²) in [4.78, 5) is 2.59. The largest absolute Gasteiger partial charge is 0.362 e. The first-order chi connectivity index (χ1) is 10.8. The van der Waals surface area contributed by atoms with Gasteiger partial charge in [0.1, 0.15) is 0 Å². The Morgan fingerprint density at radius 1 is 0.727 bits per heavy atom. The molecule has 2 aromatic rings. The number of thiocarbonyl (C=S) groups is 1. The van der Waals surface area contributed by atoms with E-state index in [1.54, 1.807) is 0 Å². The molecule has 22 heavy (non-hydrogen) atoms. The fraction of sp³-hybridized carbons (Fsp3) is 0.235. The topological polar surface area (TPSA) is 24.1 Å². The van der Waals surface area contributed by atoms with Gasteiger partial charge in [0.25, 0.3) is 0 Å². The van der Waals surface area contributed by atoms with Crippen LogP contribution in [0, 0.1) is 0 Å². The summed E-state index contributed by atoms with van der Waals surface area (Å²) < 4.78 is 0. The Labute approximate surface area is 146 Å². The van der Waals surface area contributed by atoms with E-state index in [9.17, 15) is 0 Å². The highest BCUT2D eigenvalue weighted by Crippen LogP contribution is 2.16. The Bertz CT molecular complexity index is 497. The molecule has 0 unspecified atom stereocenters. The van der Waals surface area contributed by atoms with Crippen LogP contribution >= 0.6 is 35.7 Å². The Balaban J connectivity index is 1.49. The number of rotatable bonds is 8. The van der Waals surface area contributed by atoms with Crippen molar-refractivity contribution >= 4 is 40.9 Å². The Morgan fingerprint density at radius 2 is 1.14 bits per heavy atom. The van der Waals surface area contributed by atoms with Crippen molar-refractivity contribution in [3.8, 4) is 0 Å². The number of thioether (sulfide) groups is 2. The average molecular weight is 349 g/mol. The Kier molecular flexibility index (Phi) is 8.23. The summed E-state index contributed by atoms with van der Waals surface area (Å²) in [5.41, 5.74) is 0. The first kappa shape index (κ1) is 17.2. The molecular weight excluding hydrogens is 328 g/mol. The molecule has 0 aliphatic rings. The molecule has 0 aliphatic carbocycles. The highest BCUT2D eigenvalue weighted by Gasteiger charge is 1.97.